The molecule has 9 heteroatoms. The molecule has 0 aliphatic carbocycles. The largest absolute Gasteiger partial charge is 0.457 e. The number of carbonyl (C=O) groups excluding carboxylic acids is 1. The Kier molecular flexibility index (Phi) is 5.50. The zero-order valence-corrected chi connectivity index (χ0v) is 17.5. The van der Waals surface area contributed by atoms with Crippen LogP contribution in [-0.4, -0.2) is 37.6 Å². The molecule has 31 heavy (non-hydrogen) atoms. The van der Waals surface area contributed by atoms with Crippen LogP contribution in [0.2, 0.25) is 0 Å². The maximum absolute atomic E-state index is 11.7. The van der Waals surface area contributed by atoms with Crippen LogP contribution in [0.15, 0.2) is 24.4 Å². The van der Waals surface area contributed by atoms with Crippen LogP contribution in [0.3, 0.4) is 0 Å². The van der Waals surface area contributed by atoms with Crippen LogP contribution in [-0.2, 0) is 17.9 Å². The number of nitrogens with zero attached hydrogens (tertiary/aromatic N) is 5. The van der Waals surface area contributed by atoms with E-state index in [1.165, 1.54) is 11.0 Å². The van der Waals surface area contributed by atoms with Gasteiger partial charge in [0.25, 0.3) is 0 Å². The van der Waals surface area contributed by atoms with Gasteiger partial charge in [-0.15, -0.1) is 4.80 Å². The lowest BCUT2D eigenvalue weighted by Crippen LogP contribution is -2.22. The van der Waals surface area contributed by atoms with Gasteiger partial charge in [0.2, 0.25) is 0 Å². The van der Waals surface area contributed by atoms with E-state index in [1.54, 1.807) is 18.2 Å². The Bertz CT molecular complexity index is 1210. The third kappa shape index (κ3) is 3.91. The van der Waals surface area contributed by atoms with E-state index in [9.17, 15) is 9.90 Å². The fraction of sp³-hybridized carbons (Fsp3) is 0.318. The van der Waals surface area contributed by atoms with E-state index in [2.05, 4.69) is 26.6 Å². The number of cyclic esters (lactones) is 1. The number of aliphatic hydroxyl groups excluding tert-OH is 1. The standard InChI is InChI=1S/C22H22N6O3/c1-12-6-21(25-8-15(12)7-23)28-26-14(3)19(27-28)9-24-10-20(29)16-4-5-17-18(13(16)2)11-31-22(17)30/h4-6,8,20,24,29H,9-11H2,1-3H3. The summed E-state index contributed by atoms with van der Waals surface area (Å²) in [5.41, 5.74) is 5.86. The van der Waals surface area contributed by atoms with Gasteiger partial charge in [0.1, 0.15) is 12.7 Å². The van der Waals surface area contributed by atoms with E-state index in [4.69, 9.17) is 10.00 Å². The first kappa shape index (κ1) is 20.7. The highest BCUT2D eigenvalue weighted by Crippen LogP contribution is 2.28. The number of rotatable bonds is 6. The fourth-order valence-corrected chi connectivity index (χ4v) is 3.61. The number of aromatic nitrogens is 4. The molecule has 0 fully saturated rings. The summed E-state index contributed by atoms with van der Waals surface area (Å²) < 4.78 is 5.08. The Morgan fingerprint density at radius 1 is 1.32 bits per heavy atom. The number of ether oxygens (including phenoxy) is 1. The van der Waals surface area contributed by atoms with Crippen LogP contribution < -0.4 is 5.32 Å². The maximum Gasteiger partial charge on any atom is 0.338 e. The summed E-state index contributed by atoms with van der Waals surface area (Å²) in [6.45, 7) is 6.57. The minimum absolute atomic E-state index is 0.249. The minimum Gasteiger partial charge on any atom is -0.457 e. The van der Waals surface area contributed by atoms with Gasteiger partial charge in [-0.2, -0.15) is 15.5 Å². The van der Waals surface area contributed by atoms with Gasteiger partial charge in [0.15, 0.2) is 5.82 Å². The molecule has 0 radical (unpaired) electrons. The number of pyridine rings is 1. The van der Waals surface area contributed by atoms with Gasteiger partial charge in [-0.25, -0.2) is 9.78 Å². The van der Waals surface area contributed by atoms with Crippen LogP contribution in [0.5, 0.6) is 0 Å². The average Bonchev–Trinajstić information content (AvgIpc) is 3.31. The first-order valence-electron chi connectivity index (χ1n) is 9.87. The zero-order chi connectivity index (χ0) is 22.1. The van der Waals surface area contributed by atoms with Gasteiger partial charge in [-0.3, -0.25) is 0 Å². The van der Waals surface area contributed by atoms with Crippen molar-refractivity contribution in [1.82, 2.24) is 25.3 Å². The van der Waals surface area contributed by atoms with Crippen molar-refractivity contribution in [3.05, 3.63) is 69.2 Å². The lowest BCUT2D eigenvalue weighted by molar-refractivity contribution is 0.0535. The van der Waals surface area contributed by atoms with Crippen molar-refractivity contribution in [2.45, 2.75) is 40.0 Å². The summed E-state index contributed by atoms with van der Waals surface area (Å²) in [5.74, 6) is 0.221. The van der Waals surface area contributed by atoms with Crippen molar-refractivity contribution in [3.8, 4) is 11.9 Å². The van der Waals surface area contributed by atoms with E-state index in [0.717, 1.165) is 33.6 Å². The molecule has 1 aliphatic rings. The van der Waals surface area contributed by atoms with Gasteiger partial charge < -0.3 is 15.2 Å². The predicted octanol–water partition coefficient (Wildman–Crippen LogP) is 1.95. The molecule has 0 spiro atoms. The van der Waals surface area contributed by atoms with Crippen LogP contribution in [0.4, 0.5) is 0 Å². The van der Waals surface area contributed by atoms with Crippen LogP contribution in [0, 0.1) is 32.1 Å². The van der Waals surface area contributed by atoms with Crippen LogP contribution >= 0.6 is 0 Å². The van der Waals surface area contributed by atoms with E-state index in [0.29, 0.717) is 30.0 Å². The van der Waals surface area contributed by atoms with Crippen molar-refractivity contribution in [1.29, 1.82) is 5.26 Å². The Morgan fingerprint density at radius 2 is 2.13 bits per heavy atom. The van der Waals surface area contributed by atoms with Crippen molar-refractivity contribution in [2.24, 2.45) is 0 Å². The second-order valence-electron chi connectivity index (χ2n) is 7.52. The predicted molar refractivity (Wildman–Crippen MR) is 110 cm³/mol. The molecule has 2 N–H and O–H groups in total. The highest BCUT2D eigenvalue weighted by molar-refractivity contribution is 5.93. The van der Waals surface area contributed by atoms with E-state index in [1.807, 2.05) is 20.8 Å². The summed E-state index contributed by atoms with van der Waals surface area (Å²) in [6, 6.07) is 7.34. The molecule has 0 saturated heterocycles. The normalized spacial score (nSPS) is 13.6. The fourth-order valence-electron chi connectivity index (χ4n) is 3.61. The first-order valence-corrected chi connectivity index (χ1v) is 9.87. The third-order valence-corrected chi connectivity index (χ3v) is 5.50. The second-order valence-corrected chi connectivity index (χ2v) is 7.52. The Morgan fingerprint density at radius 3 is 2.87 bits per heavy atom. The number of aliphatic hydroxyl groups is 1. The molecular formula is C22H22N6O3. The molecule has 3 aromatic rings. The highest BCUT2D eigenvalue weighted by Gasteiger charge is 2.25. The van der Waals surface area contributed by atoms with Gasteiger partial charge in [-0.1, -0.05) is 6.07 Å². The molecule has 0 bridgehead atoms. The van der Waals surface area contributed by atoms with Crippen molar-refractivity contribution < 1.29 is 14.6 Å². The number of nitriles is 1. The molecule has 1 unspecified atom stereocenters. The molecule has 1 aliphatic heterocycles. The van der Waals surface area contributed by atoms with Crippen molar-refractivity contribution in [2.75, 3.05) is 6.54 Å². The van der Waals surface area contributed by atoms with Crippen molar-refractivity contribution in [3.63, 3.8) is 0 Å². The molecule has 2 aromatic heterocycles. The topological polar surface area (TPSA) is 126 Å². The highest BCUT2D eigenvalue weighted by atomic mass is 16.5. The Balaban J connectivity index is 1.42. The number of esters is 1. The summed E-state index contributed by atoms with van der Waals surface area (Å²) >= 11 is 0. The van der Waals surface area contributed by atoms with E-state index >= 15 is 0 Å². The smallest absolute Gasteiger partial charge is 0.338 e. The SMILES string of the molecule is Cc1cc(-n2nc(C)c(CNCC(O)c3ccc4c(c3C)COC4=O)n2)ncc1C#N. The first-order chi connectivity index (χ1) is 14.9. The van der Waals surface area contributed by atoms with Gasteiger partial charge in [0, 0.05) is 24.8 Å². The maximum atomic E-state index is 11.7. The molecule has 1 aromatic carbocycles. The molecular weight excluding hydrogens is 396 g/mol. The van der Waals surface area contributed by atoms with Crippen molar-refractivity contribution >= 4 is 5.97 Å². The quantitative estimate of drug-likeness (QED) is 0.582. The average molecular weight is 418 g/mol. The molecule has 158 valence electrons. The molecule has 0 amide bonds. The molecule has 9 nitrogen and oxygen atoms in total. The number of nitrogens with one attached hydrogen (secondary N) is 1. The number of aryl methyl sites for hydroxylation is 2. The summed E-state index contributed by atoms with van der Waals surface area (Å²) in [7, 11) is 0. The number of benzene rings is 1. The minimum atomic E-state index is -0.737. The molecule has 0 saturated carbocycles. The Labute approximate surface area is 179 Å². The van der Waals surface area contributed by atoms with Crippen LogP contribution in [0.1, 0.15) is 55.7 Å². The third-order valence-electron chi connectivity index (χ3n) is 5.50. The summed E-state index contributed by atoms with van der Waals surface area (Å²) in [6.07, 6.45) is 0.772. The van der Waals surface area contributed by atoms with Crippen LogP contribution in [0.25, 0.3) is 5.82 Å². The summed E-state index contributed by atoms with van der Waals surface area (Å²) in [5, 5.41) is 31.8. The lowest BCUT2D eigenvalue weighted by Gasteiger charge is -2.16. The van der Waals surface area contributed by atoms with Gasteiger partial charge >= 0.3 is 5.97 Å². The van der Waals surface area contributed by atoms with Gasteiger partial charge in [-0.05, 0) is 49.6 Å². The monoisotopic (exact) mass is 418 g/mol. The molecule has 3 heterocycles. The van der Waals surface area contributed by atoms with E-state index in [-0.39, 0.29) is 12.6 Å². The lowest BCUT2D eigenvalue weighted by atomic mass is 9.95. The number of hydrogen-bond donors (Lipinski definition) is 2. The van der Waals surface area contributed by atoms with E-state index < -0.39 is 6.10 Å². The second kappa shape index (κ2) is 8.26. The number of fused-ring (bicyclic) bond motifs is 1. The summed E-state index contributed by atoms with van der Waals surface area (Å²) in [4.78, 5) is 17.4. The number of carbonyl (C=O) groups is 1. The van der Waals surface area contributed by atoms with Gasteiger partial charge in [0.05, 0.1) is 28.6 Å². The Hall–Kier alpha value is -3.61. The zero-order valence-electron chi connectivity index (χ0n) is 17.5. The number of hydrogen-bond acceptors (Lipinski definition) is 8. The molecule has 1 atom stereocenters. The molecule has 4 rings (SSSR count).